The van der Waals surface area contributed by atoms with E-state index in [0.29, 0.717) is 17.3 Å². The van der Waals surface area contributed by atoms with Crippen LogP contribution in [0.4, 0.5) is 10.5 Å². The summed E-state index contributed by atoms with van der Waals surface area (Å²) < 4.78 is 0. The number of nitriles is 1. The van der Waals surface area contributed by atoms with Gasteiger partial charge in [-0.1, -0.05) is 17.7 Å². The molecule has 1 atom stereocenters. The number of hydrogen-bond donors (Lipinski definition) is 1. The van der Waals surface area contributed by atoms with Crippen LogP contribution < -0.4 is 5.32 Å². The first-order valence-corrected chi connectivity index (χ1v) is 6.73. The molecule has 1 aliphatic heterocycles. The summed E-state index contributed by atoms with van der Waals surface area (Å²) in [5, 5.41) is 12.5. The Bertz CT molecular complexity index is 524. The number of carbonyl (C=O) groups excluding carboxylic acids is 1. The molecule has 0 aromatic heterocycles. The van der Waals surface area contributed by atoms with Crippen molar-refractivity contribution < 1.29 is 4.79 Å². The zero-order chi connectivity index (χ0) is 13.8. The van der Waals surface area contributed by atoms with Crippen molar-refractivity contribution in [2.75, 3.05) is 11.9 Å². The molecule has 5 heteroatoms. The fourth-order valence-electron chi connectivity index (χ4n) is 2.17. The Morgan fingerprint density at radius 1 is 1.53 bits per heavy atom. The zero-order valence-electron chi connectivity index (χ0n) is 10.8. The van der Waals surface area contributed by atoms with E-state index in [1.165, 1.54) is 0 Å². The minimum atomic E-state index is -0.324. The average molecular weight is 278 g/mol. The van der Waals surface area contributed by atoms with Gasteiger partial charge in [0.25, 0.3) is 0 Å². The largest absolute Gasteiger partial charge is 0.322 e. The highest BCUT2D eigenvalue weighted by molar-refractivity contribution is 6.31. The van der Waals surface area contributed by atoms with Gasteiger partial charge in [-0.25, -0.2) is 4.79 Å². The van der Waals surface area contributed by atoms with Crippen molar-refractivity contribution >= 4 is 23.3 Å². The molecule has 1 heterocycles. The maximum absolute atomic E-state index is 12.2. The number of nitrogens with zero attached hydrogens (tertiary/aromatic N) is 2. The Balaban J connectivity index is 2.07. The van der Waals surface area contributed by atoms with Gasteiger partial charge in [0.05, 0.1) is 6.07 Å². The molecule has 0 bridgehead atoms. The SMILES string of the molecule is Cc1ccc(NC(=O)N2CCCCC2C#N)cc1Cl. The van der Waals surface area contributed by atoms with E-state index in [9.17, 15) is 4.79 Å². The van der Waals surface area contributed by atoms with Crippen molar-refractivity contribution in [2.45, 2.75) is 32.2 Å². The molecule has 1 saturated heterocycles. The maximum atomic E-state index is 12.2. The van der Waals surface area contributed by atoms with E-state index < -0.39 is 0 Å². The quantitative estimate of drug-likeness (QED) is 0.853. The number of likely N-dealkylation sites (tertiary alicyclic amines) is 1. The standard InChI is InChI=1S/C14H16ClN3O/c1-10-5-6-11(8-13(10)15)17-14(19)18-7-3-2-4-12(18)9-16/h5-6,8,12H,2-4,7H2,1H3,(H,17,19). The summed E-state index contributed by atoms with van der Waals surface area (Å²) >= 11 is 6.02. The summed E-state index contributed by atoms with van der Waals surface area (Å²) in [4.78, 5) is 13.7. The lowest BCUT2D eigenvalue weighted by Crippen LogP contribution is -2.45. The molecule has 1 fully saturated rings. The van der Waals surface area contributed by atoms with Crippen LogP contribution >= 0.6 is 11.6 Å². The molecular formula is C14H16ClN3O. The number of rotatable bonds is 1. The van der Waals surface area contributed by atoms with Gasteiger partial charge in [-0.3, -0.25) is 0 Å². The number of hydrogen-bond acceptors (Lipinski definition) is 2. The summed E-state index contributed by atoms with van der Waals surface area (Å²) in [6.45, 7) is 2.54. The minimum absolute atomic E-state index is 0.230. The zero-order valence-corrected chi connectivity index (χ0v) is 11.6. The lowest BCUT2D eigenvalue weighted by Gasteiger charge is -2.31. The molecule has 1 unspecified atom stereocenters. The van der Waals surface area contributed by atoms with E-state index in [2.05, 4.69) is 11.4 Å². The van der Waals surface area contributed by atoms with E-state index in [-0.39, 0.29) is 12.1 Å². The minimum Gasteiger partial charge on any atom is -0.309 e. The van der Waals surface area contributed by atoms with Gasteiger partial charge in [-0.2, -0.15) is 5.26 Å². The van der Waals surface area contributed by atoms with Crippen molar-refractivity contribution in [1.82, 2.24) is 4.90 Å². The van der Waals surface area contributed by atoms with Crippen LogP contribution in [0.25, 0.3) is 0 Å². The molecule has 4 nitrogen and oxygen atoms in total. The first kappa shape index (κ1) is 13.7. The highest BCUT2D eigenvalue weighted by Gasteiger charge is 2.26. The number of urea groups is 1. The van der Waals surface area contributed by atoms with Gasteiger partial charge in [-0.15, -0.1) is 0 Å². The number of nitrogens with one attached hydrogen (secondary N) is 1. The number of amides is 2. The fraction of sp³-hybridized carbons (Fsp3) is 0.429. The molecule has 1 aromatic rings. The highest BCUT2D eigenvalue weighted by Crippen LogP contribution is 2.22. The third-order valence-corrected chi connectivity index (χ3v) is 3.74. The smallest absolute Gasteiger partial charge is 0.309 e. The normalized spacial score (nSPS) is 18.8. The fourth-order valence-corrected chi connectivity index (χ4v) is 2.36. The Hall–Kier alpha value is -1.73. The van der Waals surface area contributed by atoms with E-state index in [1.54, 1.807) is 11.0 Å². The summed E-state index contributed by atoms with van der Waals surface area (Å²) in [5.41, 5.74) is 1.62. The van der Waals surface area contributed by atoms with Crippen LogP contribution in [0.5, 0.6) is 0 Å². The second kappa shape index (κ2) is 5.94. The van der Waals surface area contributed by atoms with E-state index >= 15 is 0 Å². The Morgan fingerprint density at radius 3 is 3.00 bits per heavy atom. The van der Waals surface area contributed by atoms with Gasteiger partial charge in [0.15, 0.2) is 0 Å². The maximum Gasteiger partial charge on any atom is 0.322 e. The third-order valence-electron chi connectivity index (χ3n) is 3.34. The number of aryl methyl sites for hydroxylation is 1. The van der Waals surface area contributed by atoms with Gasteiger partial charge in [0, 0.05) is 17.3 Å². The van der Waals surface area contributed by atoms with Crippen molar-refractivity contribution in [3.05, 3.63) is 28.8 Å². The van der Waals surface area contributed by atoms with Gasteiger partial charge in [0.2, 0.25) is 0 Å². The number of anilines is 1. The molecule has 0 saturated carbocycles. The summed E-state index contributed by atoms with van der Waals surface area (Å²) in [6, 6.07) is 7.01. The van der Waals surface area contributed by atoms with Crippen LogP contribution in [-0.2, 0) is 0 Å². The van der Waals surface area contributed by atoms with Crippen LogP contribution in [0, 0.1) is 18.3 Å². The van der Waals surface area contributed by atoms with E-state index in [1.807, 2.05) is 19.1 Å². The predicted octanol–water partition coefficient (Wildman–Crippen LogP) is 3.56. The molecule has 19 heavy (non-hydrogen) atoms. The van der Waals surface area contributed by atoms with Crippen molar-refractivity contribution in [1.29, 1.82) is 5.26 Å². The lowest BCUT2D eigenvalue weighted by atomic mass is 10.0. The molecule has 0 aliphatic carbocycles. The van der Waals surface area contributed by atoms with Crippen molar-refractivity contribution in [3.8, 4) is 6.07 Å². The van der Waals surface area contributed by atoms with Gasteiger partial charge in [-0.05, 0) is 43.9 Å². The van der Waals surface area contributed by atoms with Gasteiger partial charge in [0.1, 0.15) is 6.04 Å². The molecule has 100 valence electrons. The monoisotopic (exact) mass is 277 g/mol. The Morgan fingerprint density at radius 2 is 2.32 bits per heavy atom. The molecule has 1 aliphatic rings. The van der Waals surface area contributed by atoms with Crippen molar-refractivity contribution in [2.24, 2.45) is 0 Å². The van der Waals surface area contributed by atoms with Crippen LogP contribution in [0.15, 0.2) is 18.2 Å². The van der Waals surface area contributed by atoms with Crippen LogP contribution in [0.1, 0.15) is 24.8 Å². The first-order valence-electron chi connectivity index (χ1n) is 6.35. The van der Waals surface area contributed by atoms with Gasteiger partial charge >= 0.3 is 6.03 Å². The summed E-state index contributed by atoms with van der Waals surface area (Å²) in [7, 11) is 0. The molecule has 2 rings (SSSR count). The topological polar surface area (TPSA) is 56.1 Å². The predicted molar refractivity (Wildman–Crippen MR) is 75.2 cm³/mol. The Labute approximate surface area is 118 Å². The highest BCUT2D eigenvalue weighted by atomic mass is 35.5. The van der Waals surface area contributed by atoms with Gasteiger partial charge < -0.3 is 10.2 Å². The third kappa shape index (κ3) is 3.18. The first-order chi connectivity index (χ1) is 9.11. The second-order valence-electron chi connectivity index (χ2n) is 4.73. The summed E-state index contributed by atoms with van der Waals surface area (Å²) in [5.74, 6) is 0. The molecule has 0 radical (unpaired) electrons. The molecule has 0 spiro atoms. The number of benzene rings is 1. The average Bonchev–Trinajstić information content (AvgIpc) is 2.43. The number of carbonyl (C=O) groups is 1. The van der Waals surface area contributed by atoms with Crippen LogP contribution in [-0.4, -0.2) is 23.5 Å². The molecule has 1 aromatic carbocycles. The van der Waals surface area contributed by atoms with E-state index in [4.69, 9.17) is 16.9 Å². The van der Waals surface area contributed by atoms with Crippen LogP contribution in [0.2, 0.25) is 5.02 Å². The molecule has 2 amide bonds. The Kier molecular flexibility index (Phi) is 4.28. The van der Waals surface area contributed by atoms with Crippen molar-refractivity contribution in [3.63, 3.8) is 0 Å². The lowest BCUT2D eigenvalue weighted by molar-refractivity contribution is 0.182. The number of piperidine rings is 1. The molecule has 1 N–H and O–H groups in total. The molecular weight excluding hydrogens is 262 g/mol. The number of halogens is 1. The summed E-state index contributed by atoms with van der Waals surface area (Å²) in [6.07, 6.45) is 2.69. The van der Waals surface area contributed by atoms with E-state index in [0.717, 1.165) is 24.8 Å². The van der Waals surface area contributed by atoms with Crippen LogP contribution in [0.3, 0.4) is 0 Å². The second-order valence-corrected chi connectivity index (χ2v) is 5.14.